The lowest BCUT2D eigenvalue weighted by molar-refractivity contribution is -0.109. The highest BCUT2D eigenvalue weighted by atomic mass is 16.5. The van der Waals surface area contributed by atoms with Gasteiger partial charge in [0.05, 0.1) is 11.7 Å². The molecule has 2 N–H and O–H groups in total. The van der Waals surface area contributed by atoms with Gasteiger partial charge in [-0.15, -0.1) is 0 Å². The van der Waals surface area contributed by atoms with Crippen molar-refractivity contribution in [1.82, 2.24) is 0 Å². The molecule has 0 radical (unpaired) electrons. The van der Waals surface area contributed by atoms with Gasteiger partial charge in [-0.2, -0.15) is 0 Å². The summed E-state index contributed by atoms with van der Waals surface area (Å²) >= 11 is 0. The van der Waals surface area contributed by atoms with Crippen molar-refractivity contribution in [2.75, 3.05) is 6.54 Å². The highest BCUT2D eigenvalue weighted by Crippen LogP contribution is 2.35. The Labute approximate surface area is 94.6 Å². The maximum absolute atomic E-state index is 6.19. The van der Waals surface area contributed by atoms with E-state index in [1.54, 1.807) is 0 Å². The van der Waals surface area contributed by atoms with Crippen molar-refractivity contribution >= 4 is 0 Å². The highest BCUT2D eigenvalue weighted by molar-refractivity contribution is 4.88. The summed E-state index contributed by atoms with van der Waals surface area (Å²) in [6.45, 7) is 7.40. The molecule has 1 fully saturated rings. The molecule has 0 aliphatic heterocycles. The molecule has 2 heteroatoms. The van der Waals surface area contributed by atoms with Gasteiger partial charge in [0.1, 0.15) is 0 Å². The molecule has 1 unspecified atom stereocenters. The third kappa shape index (κ3) is 3.76. The fourth-order valence-electron chi connectivity index (χ4n) is 2.55. The van der Waals surface area contributed by atoms with Crippen molar-refractivity contribution in [2.24, 2.45) is 11.7 Å². The minimum absolute atomic E-state index is 0.00109. The molecule has 15 heavy (non-hydrogen) atoms. The fraction of sp³-hybridized carbons (Fsp3) is 1.00. The lowest BCUT2D eigenvalue weighted by Crippen LogP contribution is -2.45. The molecule has 0 amide bonds. The maximum Gasteiger partial charge on any atom is 0.0807 e. The summed E-state index contributed by atoms with van der Waals surface area (Å²) in [7, 11) is 0. The molecule has 1 aliphatic rings. The van der Waals surface area contributed by atoms with Crippen LogP contribution in [0.3, 0.4) is 0 Å². The van der Waals surface area contributed by atoms with Gasteiger partial charge in [-0.05, 0) is 44.9 Å². The van der Waals surface area contributed by atoms with Crippen LogP contribution in [0.2, 0.25) is 0 Å². The normalized spacial score (nSPS) is 34.0. The van der Waals surface area contributed by atoms with Crippen LogP contribution >= 0.6 is 0 Å². The molecular formula is C13H27NO. The molecule has 90 valence electrons. The largest absolute Gasteiger partial charge is 0.371 e. The zero-order chi connectivity index (χ0) is 11.3. The van der Waals surface area contributed by atoms with E-state index in [1.165, 1.54) is 19.3 Å². The van der Waals surface area contributed by atoms with E-state index in [2.05, 4.69) is 20.8 Å². The van der Waals surface area contributed by atoms with Crippen LogP contribution in [0.15, 0.2) is 0 Å². The SMILES string of the molecule is CCCC(C)OC1(CN)CCC(C)CC1. The average molecular weight is 213 g/mol. The molecule has 0 aromatic heterocycles. The molecule has 0 bridgehead atoms. The van der Waals surface area contributed by atoms with Gasteiger partial charge in [-0.3, -0.25) is 0 Å². The van der Waals surface area contributed by atoms with Gasteiger partial charge in [-0.25, -0.2) is 0 Å². The first-order valence-corrected chi connectivity index (χ1v) is 6.50. The monoisotopic (exact) mass is 213 g/mol. The van der Waals surface area contributed by atoms with Crippen LogP contribution < -0.4 is 5.73 Å². The van der Waals surface area contributed by atoms with Crippen LogP contribution in [0.1, 0.15) is 59.3 Å². The summed E-state index contributed by atoms with van der Waals surface area (Å²) in [5, 5.41) is 0. The van der Waals surface area contributed by atoms with Gasteiger partial charge in [0.15, 0.2) is 0 Å². The minimum atomic E-state index is 0.00109. The van der Waals surface area contributed by atoms with Gasteiger partial charge in [0.2, 0.25) is 0 Å². The van der Waals surface area contributed by atoms with Crippen LogP contribution in [0.5, 0.6) is 0 Å². The quantitative estimate of drug-likeness (QED) is 0.761. The lowest BCUT2D eigenvalue weighted by Gasteiger charge is -2.40. The molecule has 0 saturated heterocycles. The van der Waals surface area contributed by atoms with E-state index in [4.69, 9.17) is 10.5 Å². The molecule has 0 heterocycles. The molecule has 1 saturated carbocycles. The van der Waals surface area contributed by atoms with Crippen LogP contribution in [-0.4, -0.2) is 18.2 Å². The Hall–Kier alpha value is -0.0800. The topological polar surface area (TPSA) is 35.2 Å². The van der Waals surface area contributed by atoms with E-state index < -0.39 is 0 Å². The Morgan fingerprint density at radius 3 is 2.47 bits per heavy atom. The summed E-state index contributed by atoms with van der Waals surface area (Å²) in [5.41, 5.74) is 5.90. The molecule has 1 atom stereocenters. The van der Waals surface area contributed by atoms with E-state index in [1.807, 2.05) is 0 Å². The molecule has 1 aliphatic carbocycles. The Bertz CT molecular complexity index is 173. The van der Waals surface area contributed by atoms with Crippen molar-refractivity contribution in [3.05, 3.63) is 0 Å². The fourth-order valence-corrected chi connectivity index (χ4v) is 2.55. The van der Waals surface area contributed by atoms with E-state index in [0.717, 1.165) is 25.2 Å². The Balaban J connectivity index is 2.46. The first-order chi connectivity index (χ1) is 7.12. The summed E-state index contributed by atoms with van der Waals surface area (Å²) in [4.78, 5) is 0. The predicted octanol–water partition coefficient (Wildman–Crippen LogP) is 3.10. The van der Waals surface area contributed by atoms with Crippen LogP contribution in [0.25, 0.3) is 0 Å². The third-order valence-corrected chi connectivity index (χ3v) is 3.70. The third-order valence-electron chi connectivity index (χ3n) is 3.70. The second-order valence-corrected chi connectivity index (χ2v) is 5.29. The van der Waals surface area contributed by atoms with Gasteiger partial charge < -0.3 is 10.5 Å². The highest BCUT2D eigenvalue weighted by Gasteiger charge is 2.34. The van der Waals surface area contributed by atoms with Gasteiger partial charge in [-0.1, -0.05) is 20.3 Å². The smallest absolute Gasteiger partial charge is 0.0807 e. The number of rotatable bonds is 5. The van der Waals surface area contributed by atoms with Gasteiger partial charge in [0.25, 0.3) is 0 Å². The van der Waals surface area contributed by atoms with Crippen molar-refractivity contribution in [3.8, 4) is 0 Å². The Morgan fingerprint density at radius 1 is 1.40 bits per heavy atom. The summed E-state index contributed by atoms with van der Waals surface area (Å²) in [5.74, 6) is 0.856. The van der Waals surface area contributed by atoms with Crippen molar-refractivity contribution in [2.45, 2.75) is 71.0 Å². The molecule has 1 rings (SSSR count). The van der Waals surface area contributed by atoms with Gasteiger partial charge in [0, 0.05) is 6.54 Å². The van der Waals surface area contributed by atoms with Crippen molar-refractivity contribution < 1.29 is 4.74 Å². The zero-order valence-corrected chi connectivity index (χ0v) is 10.6. The molecule has 0 aromatic rings. The number of nitrogens with two attached hydrogens (primary N) is 1. The van der Waals surface area contributed by atoms with Gasteiger partial charge >= 0.3 is 0 Å². The van der Waals surface area contributed by atoms with Crippen LogP contribution in [-0.2, 0) is 4.74 Å². The number of hydrogen-bond donors (Lipinski definition) is 1. The number of hydrogen-bond acceptors (Lipinski definition) is 2. The van der Waals surface area contributed by atoms with Crippen LogP contribution in [0.4, 0.5) is 0 Å². The van der Waals surface area contributed by atoms with E-state index in [9.17, 15) is 0 Å². The standard InChI is InChI=1S/C13H27NO/c1-4-5-12(3)15-13(10-14)8-6-11(2)7-9-13/h11-12H,4-10,14H2,1-3H3. The molecule has 2 nitrogen and oxygen atoms in total. The first kappa shape index (κ1) is 13.0. The van der Waals surface area contributed by atoms with Crippen molar-refractivity contribution in [1.29, 1.82) is 0 Å². The average Bonchev–Trinajstić information content (AvgIpc) is 2.22. The Morgan fingerprint density at radius 2 is 2.00 bits per heavy atom. The minimum Gasteiger partial charge on any atom is -0.371 e. The van der Waals surface area contributed by atoms with E-state index in [0.29, 0.717) is 12.6 Å². The van der Waals surface area contributed by atoms with Crippen LogP contribution in [0, 0.1) is 5.92 Å². The molecule has 0 spiro atoms. The second-order valence-electron chi connectivity index (χ2n) is 5.29. The summed E-state index contributed by atoms with van der Waals surface area (Å²) in [6.07, 6.45) is 7.56. The first-order valence-electron chi connectivity index (χ1n) is 6.50. The predicted molar refractivity (Wildman–Crippen MR) is 64.9 cm³/mol. The summed E-state index contributed by atoms with van der Waals surface area (Å²) < 4.78 is 6.19. The molecule has 0 aromatic carbocycles. The van der Waals surface area contributed by atoms with E-state index in [-0.39, 0.29) is 5.60 Å². The molecular weight excluding hydrogens is 186 g/mol. The second kappa shape index (κ2) is 5.86. The summed E-state index contributed by atoms with van der Waals surface area (Å²) in [6, 6.07) is 0. The zero-order valence-electron chi connectivity index (χ0n) is 10.6. The van der Waals surface area contributed by atoms with E-state index >= 15 is 0 Å². The maximum atomic E-state index is 6.19. The number of ether oxygens (including phenoxy) is 1. The van der Waals surface area contributed by atoms with Crippen molar-refractivity contribution in [3.63, 3.8) is 0 Å². The Kier molecular flexibility index (Phi) is 5.07. The lowest BCUT2D eigenvalue weighted by atomic mass is 9.79.